The molecule has 0 radical (unpaired) electrons. The molecule has 0 saturated carbocycles. The van der Waals surface area contributed by atoms with Gasteiger partial charge in [-0.1, -0.05) is 65.2 Å². The summed E-state index contributed by atoms with van der Waals surface area (Å²) in [5, 5.41) is 4.74. The number of aryl methyl sites for hydroxylation is 1. The summed E-state index contributed by atoms with van der Waals surface area (Å²) in [6, 6.07) is 19.7. The van der Waals surface area contributed by atoms with E-state index in [0.717, 1.165) is 17.7 Å². The summed E-state index contributed by atoms with van der Waals surface area (Å²) >= 11 is 12.5. The molecule has 3 rings (SSSR count). The normalized spacial score (nSPS) is 10.7. The van der Waals surface area contributed by atoms with Crippen molar-refractivity contribution in [1.82, 2.24) is 5.32 Å². The number of benzene rings is 3. The van der Waals surface area contributed by atoms with Gasteiger partial charge in [0.1, 0.15) is 6.61 Å². The average Bonchev–Trinajstić information content (AvgIpc) is 2.69. The van der Waals surface area contributed by atoms with Crippen molar-refractivity contribution in [2.75, 3.05) is 7.11 Å². The molecule has 0 saturated heterocycles. The number of halogens is 2. The van der Waals surface area contributed by atoms with E-state index in [1.807, 2.05) is 30.3 Å². The van der Waals surface area contributed by atoms with Gasteiger partial charge in [0.15, 0.2) is 11.5 Å². The zero-order valence-corrected chi connectivity index (χ0v) is 17.5. The highest BCUT2D eigenvalue weighted by Crippen LogP contribution is 2.34. The predicted octanol–water partition coefficient (Wildman–Crippen LogP) is 6.18. The van der Waals surface area contributed by atoms with Gasteiger partial charge in [0.05, 0.1) is 7.11 Å². The first-order valence-corrected chi connectivity index (χ1v) is 9.80. The molecule has 0 atom stereocenters. The highest BCUT2D eigenvalue weighted by atomic mass is 35.5. The van der Waals surface area contributed by atoms with Gasteiger partial charge in [-0.3, -0.25) is 0 Å². The molecular formula is C23H23Cl2NO2. The molecule has 0 amide bonds. The van der Waals surface area contributed by atoms with Crippen LogP contribution in [0.15, 0.2) is 60.7 Å². The van der Waals surface area contributed by atoms with Crippen molar-refractivity contribution in [1.29, 1.82) is 0 Å². The molecule has 0 bridgehead atoms. The summed E-state index contributed by atoms with van der Waals surface area (Å²) in [5.74, 6) is 1.26. The molecule has 5 heteroatoms. The number of hydrogen-bond donors (Lipinski definition) is 1. The molecule has 3 nitrogen and oxygen atoms in total. The van der Waals surface area contributed by atoms with E-state index in [1.165, 1.54) is 11.1 Å². The standard InChI is InChI=1S/C23H23Cl2NO2/c1-16-6-8-17(9-7-16)13-26-14-19-11-22(27-2)23(12-21(19)25)28-15-18-4-3-5-20(24)10-18/h3-12,26H,13-15H2,1-2H3. The zero-order chi connectivity index (χ0) is 19.9. The fraction of sp³-hybridized carbons (Fsp3) is 0.217. The summed E-state index contributed by atoms with van der Waals surface area (Å²) in [5.41, 5.74) is 4.43. The van der Waals surface area contributed by atoms with Crippen molar-refractivity contribution in [2.24, 2.45) is 0 Å². The number of hydrogen-bond acceptors (Lipinski definition) is 3. The van der Waals surface area contributed by atoms with Crippen LogP contribution in [0.2, 0.25) is 10.0 Å². The van der Waals surface area contributed by atoms with Gasteiger partial charge in [0.25, 0.3) is 0 Å². The molecule has 0 spiro atoms. The largest absolute Gasteiger partial charge is 0.493 e. The van der Waals surface area contributed by atoms with Gasteiger partial charge in [-0.2, -0.15) is 0 Å². The third-order valence-corrected chi connectivity index (χ3v) is 4.97. The van der Waals surface area contributed by atoms with Gasteiger partial charge < -0.3 is 14.8 Å². The number of rotatable bonds is 8. The van der Waals surface area contributed by atoms with E-state index in [-0.39, 0.29) is 0 Å². The number of methoxy groups -OCH3 is 1. The van der Waals surface area contributed by atoms with E-state index in [2.05, 4.69) is 36.5 Å². The molecule has 1 N–H and O–H groups in total. The quantitative estimate of drug-likeness (QED) is 0.476. The van der Waals surface area contributed by atoms with Crippen LogP contribution in [0, 0.1) is 6.92 Å². The first-order valence-electron chi connectivity index (χ1n) is 9.05. The minimum absolute atomic E-state index is 0.387. The van der Waals surface area contributed by atoms with Crippen LogP contribution in [0.4, 0.5) is 0 Å². The van der Waals surface area contributed by atoms with Crippen LogP contribution >= 0.6 is 23.2 Å². The second-order valence-corrected chi connectivity index (χ2v) is 7.45. The summed E-state index contributed by atoms with van der Waals surface area (Å²) in [7, 11) is 1.62. The number of nitrogens with one attached hydrogen (secondary N) is 1. The predicted molar refractivity (Wildman–Crippen MR) is 116 cm³/mol. The average molecular weight is 416 g/mol. The Kier molecular flexibility index (Phi) is 7.21. The Labute approximate surface area is 176 Å². The van der Waals surface area contributed by atoms with E-state index in [1.54, 1.807) is 13.2 Å². The van der Waals surface area contributed by atoms with Crippen molar-refractivity contribution >= 4 is 23.2 Å². The lowest BCUT2D eigenvalue weighted by molar-refractivity contribution is 0.284. The van der Waals surface area contributed by atoms with Crippen molar-refractivity contribution in [2.45, 2.75) is 26.6 Å². The maximum Gasteiger partial charge on any atom is 0.163 e. The summed E-state index contributed by atoms with van der Waals surface area (Å²) in [6.07, 6.45) is 0. The van der Waals surface area contributed by atoms with E-state index in [4.69, 9.17) is 32.7 Å². The molecule has 3 aromatic rings. The molecule has 0 aromatic heterocycles. The molecule has 146 valence electrons. The van der Waals surface area contributed by atoms with Crippen molar-refractivity contribution in [3.63, 3.8) is 0 Å². The van der Waals surface area contributed by atoms with E-state index in [0.29, 0.717) is 34.7 Å². The molecule has 0 heterocycles. The fourth-order valence-electron chi connectivity index (χ4n) is 2.82. The number of ether oxygens (including phenoxy) is 2. The molecular weight excluding hydrogens is 393 g/mol. The monoisotopic (exact) mass is 415 g/mol. The van der Waals surface area contributed by atoms with Gasteiger partial charge >= 0.3 is 0 Å². The minimum Gasteiger partial charge on any atom is -0.493 e. The lowest BCUT2D eigenvalue weighted by Crippen LogP contribution is -2.13. The van der Waals surface area contributed by atoms with Crippen molar-refractivity contribution < 1.29 is 9.47 Å². The summed E-state index contributed by atoms with van der Waals surface area (Å²) in [6.45, 7) is 3.88. The van der Waals surface area contributed by atoms with Gasteiger partial charge in [0, 0.05) is 29.2 Å². The van der Waals surface area contributed by atoms with Crippen molar-refractivity contribution in [3.8, 4) is 11.5 Å². The second-order valence-electron chi connectivity index (χ2n) is 6.60. The highest BCUT2D eigenvalue weighted by Gasteiger charge is 2.11. The van der Waals surface area contributed by atoms with E-state index < -0.39 is 0 Å². The van der Waals surface area contributed by atoms with Crippen LogP contribution in [-0.4, -0.2) is 7.11 Å². The lowest BCUT2D eigenvalue weighted by Gasteiger charge is -2.14. The Morgan fingerprint density at radius 3 is 2.36 bits per heavy atom. The van der Waals surface area contributed by atoms with Crippen LogP contribution < -0.4 is 14.8 Å². The Morgan fingerprint density at radius 1 is 0.857 bits per heavy atom. The van der Waals surface area contributed by atoms with Crippen LogP contribution in [0.5, 0.6) is 11.5 Å². The Bertz CT molecular complexity index is 926. The van der Waals surface area contributed by atoms with Crippen LogP contribution in [-0.2, 0) is 19.7 Å². The smallest absolute Gasteiger partial charge is 0.163 e. The third-order valence-electron chi connectivity index (χ3n) is 4.38. The molecule has 0 aliphatic heterocycles. The second kappa shape index (κ2) is 9.83. The summed E-state index contributed by atoms with van der Waals surface area (Å²) in [4.78, 5) is 0. The molecule has 0 aliphatic rings. The van der Waals surface area contributed by atoms with Crippen molar-refractivity contribution in [3.05, 3.63) is 93.0 Å². The van der Waals surface area contributed by atoms with Gasteiger partial charge in [0.2, 0.25) is 0 Å². The zero-order valence-electron chi connectivity index (χ0n) is 16.0. The summed E-state index contributed by atoms with van der Waals surface area (Å²) < 4.78 is 11.4. The molecule has 0 aliphatic carbocycles. The topological polar surface area (TPSA) is 30.5 Å². The van der Waals surface area contributed by atoms with Crippen LogP contribution in [0.3, 0.4) is 0 Å². The third kappa shape index (κ3) is 5.65. The Morgan fingerprint density at radius 2 is 1.64 bits per heavy atom. The molecule has 28 heavy (non-hydrogen) atoms. The molecule has 3 aromatic carbocycles. The van der Waals surface area contributed by atoms with E-state index in [9.17, 15) is 0 Å². The Hall–Kier alpha value is -2.20. The maximum atomic E-state index is 6.47. The van der Waals surface area contributed by atoms with Crippen LogP contribution in [0.25, 0.3) is 0 Å². The Balaban J connectivity index is 1.64. The highest BCUT2D eigenvalue weighted by molar-refractivity contribution is 6.31. The molecule has 0 unspecified atom stereocenters. The van der Waals surface area contributed by atoms with Crippen LogP contribution in [0.1, 0.15) is 22.3 Å². The van der Waals surface area contributed by atoms with Gasteiger partial charge in [-0.15, -0.1) is 0 Å². The van der Waals surface area contributed by atoms with E-state index >= 15 is 0 Å². The first kappa shape index (κ1) is 20.5. The first-order chi connectivity index (χ1) is 13.5. The van der Waals surface area contributed by atoms with Gasteiger partial charge in [-0.25, -0.2) is 0 Å². The SMILES string of the molecule is COc1cc(CNCc2ccc(C)cc2)c(Cl)cc1OCc1cccc(Cl)c1. The molecule has 0 fully saturated rings. The maximum absolute atomic E-state index is 6.47. The fourth-order valence-corrected chi connectivity index (χ4v) is 3.25. The van der Waals surface area contributed by atoms with Gasteiger partial charge in [-0.05, 0) is 41.8 Å². The minimum atomic E-state index is 0.387. The lowest BCUT2D eigenvalue weighted by atomic mass is 10.1.